The number of ether oxygens (including phenoxy) is 1. The third kappa shape index (κ3) is 3.74. The van der Waals surface area contributed by atoms with E-state index >= 15 is 0 Å². The summed E-state index contributed by atoms with van der Waals surface area (Å²) in [6.07, 6.45) is 0. The molecule has 6 heteroatoms. The van der Waals surface area contributed by atoms with Crippen molar-refractivity contribution in [2.75, 3.05) is 20.3 Å². The van der Waals surface area contributed by atoms with Gasteiger partial charge in [-0.1, -0.05) is 29.8 Å². The highest BCUT2D eigenvalue weighted by molar-refractivity contribution is 6.30. The van der Waals surface area contributed by atoms with Gasteiger partial charge in [0.25, 0.3) is 5.56 Å². The molecule has 1 aromatic heterocycles. The Hall–Kier alpha value is -2.21. The molecule has 0 unspecified atom stereocenters. The molecule has 3 rings (SSSR count). The zero-order chi connectivity index (χ0) is 17.8. The highest BCUT2D eigenvalue weighted by Gasteiger charge is 2.17. The van der Waals surface area contributed by atoms with E-state index in [1.165, 1.54) is 0 Å². The number of nitrogens with zero attached hydrogens (tertiary/aromatic N) is 2. The van der Waals surface area contributed by atoms with Crippen molar-refractivity contribution in [1.82, 2.24) is 14.9 Å². The number of halogens is 1. The monoisotopic (exact) mass is 357 g/mol. The molecular weight excluding hydrogens is 338 g/mol. The molecule has 0 radical (unpaired) electrons. The number of fused-ring (bicyclic) bond motifs is 1. The van der Waals surface area contributed by atoms with E-state index in [2.05, 4.69) is 5.32 Å². The zero-order valence-electron chi connectivity index (χ0n) is 14.2. The van der Waals surface area contributed by atoms with Crippen LogP contribution < -0.4 is 10.9 Å². The SMILES string of the molecule is COCCN[C@@H](C)c1nc2ccccc2c(=O)n1-c1cccc(Cl)c1. The minimum Gasteiger partial charge on any atom is -0.383 e. The number of rotatable bonds is 6. The average molecular weight is 358 g/mol. The average Bonchev–Trinajstić information content (AvgIpc) is 2.61. The lowest BCUT2D eigenvalue weighted by molar-refractivity contribution is 0.196. The standard InChI is InChI=1S/C19H20ClN3O2/c1-13(21-10-11-25-2)18-22-17-9-4-3-8-16(17)19(24)23(18)15-7-5-6-14(20)12-15/h3-9,12-13,21H,10-11H2,1-2H3/t13-/m0/s1. The second-order valence-electron chi connectivity index (χ2n) is 5.78. The lowest BCUT2D eigenvalue weighted by atomic mass is 10.2. The van der Waals surface area contributed by atoms with Crippen LogP contribution in [0.4, 0.5) is 0 Å². The molecular formula is C19H20ClN3O2. The second kappa shape index (κ2) is 7.78. The molecule has 0 fully saturated rings. The fourth-order valence-electron chi connectivity index (χ4n) is 2.77. The van der Waals surface area contributed by atoms with Crippen LogP contribution in [0.3, 0.4) is 0 Å². The molecule has 130 valence electrons. The normalized spacial score (nSPS) is 12.4. The van der Waals surface area contributed by atoms with Gasteiger partial charge in [-0.2, -0.15) is 0 Å². The highest BCUT2D eigenvalue weighted by Crippen LogP contribution is 2.20. The van der Waals surface area contributed by atoms with E-state index in [1.807, 2.05) is 37.3 Å². The summed E-state index contributed by atoms with van der Waals surface area (Å²) < 4.78 is 6.71. The van der Waals surface area contributed by atoms with Gasteiger partial charge in [0.05, 0.1) is 29.2 Å². The first-order chi connectivity index (χ1) is 12.1. The summed E-state index contributed by atoms with van der Waals surface area (Å²) in [7, 11) is 1.66. The van der Waals surface area contributed by atoms with E-state index in [0.717, 1.165) is 0 Å². The Morgan fingerprint density at radius 2 is 2.04 bits per heavy atom. The lowest BCUT2D eigenvalue weighted by Gasteiger charge is -2.19. The first-order valence-electron chi connectivity index (χ1n) is 8.12. The van der Waals surface area contributed by atoms with Crippen LogP contribution in [-0.2, 0) is 4.74 Å². The largest absolute Gasteiger partial charge is 0.383 e. The van der Waals surface area contributed by atoms with Gasteiger partial charge >= 0.3 is 0 Å². The van der Waals surface area contributed by atoms with E-state index in [-0.39, 0.29) is 11.6 Å². The fourth-order valence-corrected chi connectivity index (χ4v) is 2.96. The maximum atomic E-state index is 13.1. The molecule has 25 heavy (non-hydrogen) atoms. The Kier molecular flexibility index (Phi) is 5.48. The molecule has 0 aliphatic heterocycles. The number of hydrogen-bond donors (Lipinski definition) is 1. The van der Waals surface area contributed by atoms with Gasteiger partial charge in [0, 0.05) is 18.7 Å². The fraction of sp³-hybridized carbons (Fsp3) is 0.263. The summed E-state index contributed by atoms with van der Waals surface area (Å²) >= 11 is 6.13. The van der Waals surface area contributed by atoms with Gasteiger partial charge in [0.2, 0.25) is 0 Å². The summed E-state index contributed by atoms with van der Waals surface area (Å²) in [6, 6.07) is 14.5. The van der Waals surface area contributed by atoms with Crippen LogP contribution >= 0.6 is 11.6 Å². The van der Waals surface area contributed by atoms with E-state index in [0.29, 0.717) is 40.6 Å². The maximum absolute atomic E-state index is 13.1. The summed E-state index contributed by atoms with van der Waals surface area (Å²) in [6.45, 7) is 3.22. The lowest BCUT2D eigenvalue weighted by Crippen LogP contribution is -2.31. The molecule has 2 aromatic carbocycles. The molecule has 0 amide bonds. The summed E-state index contributed by atoms with van der Waals surface area (Å²) in [5.74, 6) is 0.641. The molecule has 1 atom stereocenters. The van der Waals surface area contributed by atoms with Gasteiger partial charge in [-0.15, -0.1) is 0 Å². The van der Waals surface area contributed by atoms with Gasteiger partial charge in [-0.25, -0.2) is 4.98 Å². The summed E-state index contributed by atoms with van der Waals surface area (Å²) in [5.41, 5.74) is 1.27. The number of para-hydroxylation sites is 1. The van der Waals surface area contributed by atoms with E-state index < -0.39 is 0 Å². The molecule has 0 aliphatic rings. The molecule has 0 saturated carbocycles. The minimum absolute atomic E-state index is 0.108. The quantitative estimate of drug-likeness (QED) is 0.687. The van der Waals surface area contributed by atoms with Crippen molar-refractivity contribution in [3.05, 3.63) is 69.7 Å². The number of methoxy groups -OCH3 is 1. The van der Waals surface area contributed by atoms with Gasteiger partial charge in [0.1, 0.15) is 5.82 Å². The van der Waals surface area contributed by atoms with Crippen molar-refractivity contribution in [3.63, 3.8) is 0 Å². The highest BCUT2D eigenvalue weighted by atomic mass is 35.5. The predicted octanol–water partition coefficient (Wildman–Crippen LogP) is 3.34. The van der Waals surface area contributed by atoms with Gasteiger partial charge in [0.15, 0.2) is 0 Å². The molecule has 0 bridgehead atoms. The molecule has 0 aliphatic carbocycles. The summed E-state index contributed by atoms with van der Waals surface area (Å²) in [4.78, 5) is 17.9. The van der Waals surface area contributed by atoms with Crippen LogP contribution in [0.15, 0.2) is 53.3 Å². The first-order valence-corrected chi connectivity index (χ1v) is 8.49. The minimum atomic E-state index is -0.133. The van der Waals surface area contributed by atoms with Crippen molar-refractivity contribution in [1.29, 1.82) is 0 Å². The Morgan fingerprint density at radius 3 is 2.80 bits per heavy atom. The van der Waals surface area contributed by atoms with Crippen molar-refractivity contribution in [3.8, 4) is 5.69 Å². The Labute approximate surface area is 151 Å². The smallest absolute Gasteiger partial charge is 0.266 e. The topological polar surface area (TPSA) is 56.1 Å². The van der Waals surface area contributed by atoms with E-state index in [4.69, 9.17) is 21.3 Å². The van der Waals surface area contributed by atoms with Crippen LogP contribution in [0, 0.1) is 0 Å². The Balaban J connectivity index is 2.19. The van der Waals surface area contributed by atoms with Crippen molar-refractivity contribution < 1.29 is 4.74 Å². The number of aromatic nitrogens is 2. The van der Waals surface area contributed by atoms with E-state index in [1.54, 1.807) is 29.9 Å². The van der Waals surface area contributed by atoms with Crippen LogP contribution in [0.25, 0.3) is 16.6 Å². The number of hydrogen-bond acceptors (Lipinski definition) is 4. The molecule has 0 spiro atoms. The molecule has 3 aromatic rings. The van der Waals surface area contributed by atoms with Crippen molar-refractivity contribution >= 4 is 22.5 Å². The third-order valence-corrected chi connectivity index (χ3v) is 4.25. The van der Waals surface area contributed by atoms with Crippen LogP contribution in [0.5, 0.6) is 0 Å². The predicted molar refractivity (Wildman–Crippen MR) is 101 cm³/mol. The summed E-state index contributed by atoms with van der Waals surface area (Å²) in [5, 5.41) is 4.49. The Morgan fingerprint density at radius 1 is 1.24 bits per heavy atom. The van der Waals surface area contributed by atoms with Crippen molar-refractivity contribution in [2.45, 2.75) is 13.0 Å². The van der Waals surface area contributed by atoms with Crippen molar-refractivity contribution in [2.24, 2.45) is 0 Å². The van der Waals surface area contributed by atoms with Crippen LogP contribution in [-0.4, -0.2) is 29.8 Å². The number of benzene rings is 2. The molecule has 5 nitrogen and oxygen atoms in total. The molecule has 1 N–H and O–H groups in total. The van der Waals surface area contributed by atoms with Crippen LogP contribution in [0.2, 0.25) is 5.02 Å². The second-order valence-corrected chi connectivity index (χ2v) is 6.21. The first kappa shape index (κ1) is 17.6. The van der Waals surface area contributed by atoms with Gasteiger partial charge in [-0.05, 0) is 37.3 Å². The molecule has 1 heterocycles. The maximum Gasteiger partial charge on any atom is 0.266 e. The van der Waals surface area contributed by atoms with Gasteiger partial charge in [-0.3, -0.25) is 9.36 Å². The van der Waals surface area contributed by atoms with Gasteiger partial charge < -0.3 is 10.1 Å². The van der Waals surface area contributed by atoms with Crippen LogP contribution in [0.1, 0.15) is 18.8 Å². The third-order valence-electron chi connectivity index (χ3n) is 4.01. The van der Waals surface area contributed by atoms with E-state index in [9.17, 15) is 4.79 Å². The molecule has 0 saturated heterocycles. The Bertz CT molecular complexity index is 939. The number of nitrogens with one attached hydrogen (secondary N) is 1. The zero-order valence-corrected chi connectivity index (χ0v) is 15.0.